The van der Waals surface area contributed by atoms with E-state index in [0.717, 1.165) is 0 Å². The molecule has 0 aliphatic rings. The van der Waals surface area contributed by atoms with Gasteiger partial charge in [-0.1, -0.05) is 78.4 Å². The normalized spacial score (nSPS) is 11.2. The molecule has 1 N–H and O–H groups in total. The SMILES string of the molecule is Cc1ccc(N[Si](C)(c2ccccc2)c2ccccc2)cc1. The topological polar surface area (TPSA) is 12.0 Å². The molecular formula is C20H21NSi. The van der Waals surface area contributed by atoms with E-state index in [1.165, 1.54) is 21.6 Å². The fraction of sp³-hybridized carbons (Fsp3) is 0.100. The van der Waals surface area contributed by atoms with Gasteiger partial charge in [-0.2, -0.15) is 0 Å². The maximum Gasteiger partial charge on any atom is 0.214 e. The zero-order valence-electron chi connectivity index (χ0n) is 13.1. The zero-order valence-corrected chi connectivity index (χ0v) is 14.1. The molecule has 110 valence electrons. The summed E-state index contributed by atoms with van der Waals surface area (Å²) < 4.78 is 0. The summed E-state index contributed by atoms with van der Waals surface area (Å²) in [5.41, 5.74) is 2.47. The van der Waals surface area contributed by atoms with Crippen molar-refractivity contribution in [1.29, 1.82) is 0 Å². The van der Waals surface area contributed by atoms with E-state index in [4.69, 9.17) is 0 Å². The van der Waals surface area contributed by atoms with Crippen molar-refractivity contribution >= 4 is 24.3 Å². The minimum atomic E-state index is -2.01. The average Bonchev–Trinajstić information content (AvgIpc) is 2.58. The fourth-order valence-corrected chi connectivity index (χ4v) is 5.86. The van der Waals surface area contributed by atoms with E-state index in [1.807, 2.05) is 0 Å². The number of rotatable bonds is 4. The lowest BCUT2D eigenvalue weighted by atomic mass is 10.2. The van der Waals surface area contributed by atoms with Gasteiger partial charge in [0.2, 0.25) is 8.24 Å². The fourth-order valence-electron chi connectivity index (χ4n) is 2.78. The highest BCUT2D eigenvalue weighted by Gasteiger charge is 2.32. The Balaban J connectivity index is 2.05. The van der Waals surface area contributed by atoms with Crippen LogP contribution in [-0.4, -0.2) is 8.24 Å². The standard InChI is InChI=1S/C20H21NSi/c1-17-13-15-18(16-14-17)21-22(2,19-9-5-3-6-10-19)20-11-7-4-8-12-20/h3-16,21H,1-2H3. The predicted molar refractivity (Wildman–Crippen MR) is 98.6 cm³/mol. The lowest BCUT2D eigenvalue weighted by molar-refractivity contribution is 1.46. The van der Waals surface area contributed by atoms with Crippen LogP contribution >= 0.6 is 0 Å². The van der Waals surface area contributed by atoms with Crippen molar-refractivity contribution in [3.63, 3.8) is 0 Å². The predicted octanol–water partition coefficient (Wildman–Crippen LogP) is 3.80. The van der Waals surface area contributed by atoms with Gasteiger partial charge in [0.25, 0.3) is 0 Å². The van der Waals surface area contributed by atoms with E-state index < -0.39 is 8.24 Å². The number of aryl methyl sites for hydroxylation is 1. The minimum absolute atomic E-state index is 1.19. The number of nitrogens with one attached hydrogen (secondary N) is 1. The molecule has 1 nitrogen and oxygen atoms in total. The van der Waals surface area contributed by atoms with Crippen LogP contribution in [0.15, 0.2) is 84.9 Å². The lowest BCUT2D eigenvalue weighted by Crippen LogP contribution is -2.62. The molecule has 2 heteroatoms. The largest absolute Gasteiger partial charge is 0.403 e. The molecule has 3 aromatic carbocycles. The molecular weight excluding hydrogens is 282 g/mol. The molecule has 22 heavy (non-hydrogen) atoms. The number of hydrogen-bond acceptors (Lipinski definition) is 1. The lowest BCUT2D eigenvalue weighted by Gasteiger charge is -2.30. The van der Waals surface area contributed by atoms with Crippen LogP contribution in [0.1, 0.15) is 5.56 Å². The Labute approximate surface area is 133 Å². The molecule has 0 fully saturated rings. The van der Waals surface area contributed by atoms with Crippen LogP contribution in [0, 0.1) is 6.92 Å². The van der Waals surface area contributed by atoms with Crippen molar-refractivity contribution in [2.24, 2.45) is 0 Å². The molecule has 0 aliphatic heterocycles. The molecule has 0 unspecified atom stereocenters. The smallest absolute Gasteiger partial charge is 0.214 e. The van der Waals surface area contributed by atoms with E-state index in [-0.39, 0.29) is 0 Å². The number of hydrogen-bond donors (Lipinski definition) is 1. The van der Waals surface area contributed by atoms with Crippen LogP contribution in [0.25, 0.3) is 0 Å². The van der Waals surface area contributed by atoms with Crippen molar-refractivity contribution in [3.05, 3.63) is 90.5 Å². The third-order valence-corrected chi connectivity index (χ3v) is 7.91. The molecule has 0 radical (unpaired) electrons. The highest BCUT2D eigenvalue weighted by atomic mass is 28.3. The van der Waals surface area contributed by atoms with Gasteiger partial charge in [-0.25, -0.2) is 0 Å². The first kappa shape index (κ1) is 14.6. The van der Waals surface area contributed by atoms with Gasteiger partial charge < -0.3 is 4.98 Å². The summed E-state index contributed by atoms with van der Waals surface area (Å²) in [4.78, 5) is 3.85. The summed E-state index contributed by atoms with van der Waals surface area (Å²) >= 11 is 0. The Morgan fingerprint density at radius 1 is 0.636 bits per heavy atom. The summed E-state index contributed by atoms with van der Waals surface area (Å²) in [6, 6.07) is 30.3. The highest BCUT2D eigenvalue weighted by Crippen LogP contribution is 2.14. The molecule has 0 heterocycles. The maximum atomic E-state index is 3.85. The van der Waals surface area contributed by atoms with E-state index >= 15 is 0 Å². The van der Waals surface area contributed by atoms with Crippen LogP contribution in [0.3, 0.4) is 0 Å². The van der Waals surface area contributed by atoms with E-state index in [9.17, 15) is 0 Å². The van der Waals surface area contributed by atoms with Crippen molar-refractivity contribution in [1.82, 2.24) is 0 Å². The second-order valence-electron chi connectivity index (χ2n) is 5.85. The molecule has 0 bridgehead atoms. The Morgan fingerprint density at radius 2 is 1.09 bits per heavy atom. The van der Waals surface area contributed by atoms with Crippen molar-refractivity contribution < 1.29 is 0 Å². The molecule has 0 aliphatic carbocycles. The van der Waals surface area contributed by atoms with Crippen LogP contribution in [0.5, 0.6) is 0 Å². The van der Waals surface area contributed by atoms with Crippen molar-refractivity contribution in [2.75, 3.05) is 4.98 Å². The zero-order chi connectivity index (χ0) is 15.4. The maximum absolute atomic E-state index is 3.85. The van der Waals surface area contributed by atoms with E-state index in [0.29, 0.717) is 0 Å². The van der Waals surface area contributed by atoms with Gasteiger partial charge >= 0.3 is 0 Å². The van der Waals surface area contributed by atoms with Gasteiger partial charge in [-0.05, 0) is 36.0 Å². The summed E-state index contributed by atoms with van der Waals surface area (Å²) in [6.45, 7) is 4.49. The second-order valence-corrected chi connectivity index (χ2v) is 9.50. The van der Waals surface area contributed by atoms with Crippen LogP contribution < -0.4 is 15.4 Å². The Hall–Kier alpha value is -2.32. The number of benzene rings is 3. The summed E-state index contributed by atoms with van der Waals surface area (Å²) in [6.07, 6.45) is 0. The third-order valence-electron chi connectivity index (χ3n) is 4.15. The quantitative estimate of drug-likeness (QED) is 0.723. The summed E-state index contributed by atoms with van der Waals surface area (Å²) in [7, 11) is -2.01. The Kier molecular flexibility index (Phi) is 4.12. The second kappa shape index (κ2) is 6.20. The molecule has 0 aromatic heterocycles. The van der Waals surface area contributed by atoms with E-state index in [1.54, 1.807) is 0 Å². The molecule has 0 atom stereocenters. The molecule has 0 spiro atoms. The van der Waals surface area contributed by atoms with Gasteiger partial charge in [-0.15, -0.1) is 0 Å². The Bertz CT molecular complexity index is 681. The molecule has 3 rings (SSSR count). The van der Waals surface area contributed by atoms with Crippen LogP contribution in [-0.2, 0) is 0 Å². The molecule has 0 saturated carbocycles. The molecule has 0 saturated heterocycles. The monoisotopic (exact) mass is 303 g/mol. The van der Waals surface area contributed by atoms with Crippen molar-refractivity contribution in [2.45, 2.75) is 13.5 Å². The molecule has 3 aromatic rings. The summed E-state index contributed by atoms with van der Waals surface area (Å²) in [5, 5.41) is 2.78. The third kappa shape index (κ3) is 2.97. The highest BCUT2D eigenvalue weighted by molar-refractivity contribution is 7.03. The first-order valence-electron chi connectivity index (χ1n) is 7.64. The van der Waals surface area contributed by atoms with Gasteiger partial charge in [0.15, 0.2) is 0 Å². The van der Waals surface area contributed by atoms with Gasteiger partial charge in [0.1, 0.15) is 0 Å². The number of anilines is 1. The van der Waals surface area contributed by atoms with Crippen LogP contribution in [0.2, 0.25) is 6.55 Å². The minimum Gasteiger partial charge on any atom is -0.403 e. The van der Waals surface area contributed by atoms with Gasteiger partial charge in [0.05, 0.1) is 0 Å². The van der Waals surface area contributed by atoms with Gasteiger partial charge in [0, 0.05) is 5.69 Å². The Morgan fingerprint density at radius 3 is 1.55 bits per heavy atom. The summed E-state index contributed by atoms with van der Waals surface area (Å²) in [5.74, 6) is 0. The van der Waals surface area contributed by atoms with Crippen molar-refractivity contribution in [3.8, 4) is 0 Å². The first-order valence-corrected chi connectivity index (χ1v) is 10.1. The van der Waals surface area contributed by atoms with E-state index in [2.05, 4.69) is 103 Å². The van der Waals surface area contributed by atoms with Crippen LogP contribution in [0.4, 0.5) is 5.69 Å². The first-order chi connectivity index (χ1) is 10.7. The average molecular weight is 303 g/mol. The molecule has 0 amide bonds. The van der Waals surface area contributed by atoms with Gasteiger partial charge in [-0.3, -0.25) is 0 Å².